The van der Waals surface area contributed by atoms with Crippen molar-refractivity contribution >= 4 is 0 Å². The first kappa shape index (κ1) is 12.9. The molecule has 0 spiro atoms. The highest BCUT2D eigenvalue weighted by Crippen LogP contribution is 2.32. The van der Waals surface area contributed by atoms with Crippen molar-refractivity contribution in [3.8, 4) is 5.75 Å². The van der Waals surface area contributed by atoms with E-state index in [0.717, 1.165) is 13.0 Å². The van der Waals surface area contributed by atoms with Crippen molar-refractivity contribution < 1.29 is 5.11 Å². The minimum atomic E-state index is 0.398. The number of rotatable bonds is 3. The number of likely N-dealkylation sites (N-methyl/N-ethyl adjacent to an activating group) is 1. The molecule has 0 radical (unpaired) electrons. The maximum atomic E-state index is 9.58. The number of benzene rings is 1. The average Bonchev–Trinajstić information content (AvgIpc) is 2.81. The highest BCUT2D eigenvalue weighted by atomic mass is 16.3. The number of hydrogen-bond acceptors (Lipinski definition) is 3. The molecule has 2 aliphatic rings. The molecule has 1 aromatic carbocycles. The zero-order valence-electron chi connectivity index (χ0n) is 11.7. The number of aryl methyl sites for hydroxylation is 1. The largest absolute Gasteiger partial charge is 0.508 e. The van der Waals surface area contributed by atoms with Gasteiger partial charge in [-0.3, -0.25) is 0 Å². The lowest BCUT2D eigenvalue weighted by Gasteiger charge is -2.29. The Labute approximate surface area is 115 Å². The number of aromatic hydroxyl groups is 1. The second-order valence-electron chi connectivity index (χ2n) is 6.01. The summed E-state index contributed by atoms with van der Waals surface area (Å²) < 4.78 is 0. The van der Waals surface area contributed by atoms with Gasteiger partial charge in [0.05, 0.1) is 0 Å². The maximum Gasteiger partial charge on any atom is 0.115 e. The number of nitrogens with one attached hydrogen (secondary N) is 1. The number of fused-ring (bicyclic) bond motifs is 1. The molecule has 0 aromatic heterocycles. The van der Waals surface area contributed by atoms with E-state index in [1.165, 1.54) is 43.4 Å². The lowest BCUT2D eigenvalue weighted by atomic mass is 9.87. The minimum absolute atomic E-state index is 0.398. The predicted molar refractivity (Wildman–Crippen MR) is 77.4 cm³/mol. The van der Waals surface area contributed by atoms with Gasteiger partial charge in [0, 0.05) is 18.6 Å². The highest BCUT2D eigenvalue weighted by molar-refractivity contribution is 5.38. The molecule has 0 bridgehead atoms. The van der Waals surface area contributed by atoms with Crippen molar-refractivity contribution in [2.24, 2.45) is 0 Å². The average molecular weight is 260 g/mol. The third-order valence-corrected chi connectivity index (χ3v) is 4.71. The number of phenols is 1. The molecular formula is C16H24N2O. The molecule has 3 heteroatoms. The zero-order valence-corrected chi connectivity index (χ0v) is 11.7. The number of hydrogen-bond donors (Lipinski definition) is 2. The van der Waals surface area contributed by atoms with E-state index >= 15 is 0 Å². The molecular weight excluding hydrogens is 236 g/mol. The topological polar surface area (TPSA) is 35.5 Å². The van der Waals surface area contributed by atoms with Crippen LogP contribution in [0.3, 0.4) is 0 Å². The molecule has 1 aliphatic carbocycles. The Kier molecular flexibility index (Phi) is 3.76. The van der Waals surface area contributed by atoms with E-state index < -0.39 is 0 Å². The Morgan fingerprint density at radius 1 is 1.32 bits per heavy atom. The van der Waals surface area contributed by atoms with Crippen LogP contribution in [0.4, 0.5) is 0 Å². The van der Waals surface area contributed by atoms with E-state index in [1.807, 2.05) is 12.1 Å². The zero-order chi connectivity index (χ0) is 13.2. The molecule has 2 N–H and O–H groups in total. The first-order chi connectivity index (χ1) is 9.24. The number of nitrogens with zero attached hydrogens (tertiary/aromatic N) is 1. The quantitative estimate of drug-likeness (QED) is 0.876. The predicted octanol–water partition coefficient (Wildman–Crippen LogP) is 2.45. The summed E-state index contributed by atoms with van der Waals surface area (Å²) in [4.78, 5) is 2.47. The van der Waals surface area contributed by atoms with Gasteiger partial charge in [-0.25, -0.2) is 0 Å². The molecule has 0 saturated carbocycles. The van der Waals surface area contributed by atoms with Gasteiger partial charge in [0.1, 0.15) is 5.75 Å². The first-order valence-electron chi connectivity index (χ1n) is 7.49. The molecule has 19 heavy (non-hydrogen) atoms. The van der Waals surface area contributed by atoms with Gasteiger partial charge >= 0.3 is 0 Å². The molecule has 0 amide bonds. The fraction of sp³-hybridized carbons (Fsp3) is 0.625. The van der Waals surface area contributed by atoms with E-state index in [9.17, 15) is 5.11 Å². The van der Waals surface area contributed by atoms with Crippen LogP contribution in [0.5, 0.6) is 5.75 Å². The molecule has 1 aliphatic heterocycles. The Hall–Kier alpha value is -1.06. The van der Waals surface area contributed by atoms with E-state index in [4.69, 9.17) is 0 Å². The molecule has 2 atom stereocenters. The third-order valence-electron chi connectivity index (χ3n) is 4.71. The minimum Gasteiger partial charge on any atom is -0.508 e. The molecule has 1 heterocycles. The number of likely N-dealkylation sites (tertiary alicyclic amines) is 1. The van der Waals surface area contributed by atoms with E-state index in [0.29, 0.717) is 17.8 Å². The van der Waals surface area contributed by atoms with Gasteiger partial charge in [0.15, 0.2) is 0 Å². The summed E-state index contributed by atoms with van der Waals surface area (Å²) >= 11 is 0. The Balaban J connectivity index is 1.66. The molecule has 1 saturated heterocycles. The Bertz CT molecular complexity index is 446. The third kappa shape index (κ3) is 2.77. The van der Waals surface area contributed by atoms with Crippen LogP contribution in [0.1, 0.15) is 42.9 Å². The normalized spacial score (nSPS) is 27.4. The summed E-state index contributed by atoms with van der Waals surface area (Å²) in [6.07, 6.45) is 6.19. The lowest BCUT2D eigenvalue weighted by molar-refractivity contribution is 0.286. The van der Waals surface area contributed by atoms with Crippen LogP contribution in [-0.2, 0) is 6.42 Å². The van der Waals surface area contributed by atoms with Crippen molar-refractivity contribution in [2.75, 3.05) is 20.1 Å². The summed E-state index contributed by atoms with van der Waals surface area (Å²) in [5, 5.41) is 13.3. The van der Waals surface area contributed by atoms with Crippen LogP contribution in [0, 0.1) is 0 Å². The van der Waals surface area contributed by atoms with Crippen LogP contribution in [0.2, 0.25) is 0 Å². The van der Waals surface area contributed by atoms with Gasteiger partial charge in [-0.2, -0.15) is 0 Å². The first-order valence-corrected chi connectivity index (χ1v) is 7.49. The smallest absolute Gasteiger partial charge is 0.115 e. The molecule has 3 nitrogen and oxygen atoms in total. The number of phenolic OH excluding ortho intramolecular Hbond substituents is 1. The monoisotopic (exact) mass is 260 g/mol. The van der Waals surface area contributed by atoms with E-state index in [1.54, 1.807) is 0 Å². The lowest BCUT2D eigenvalue weighted by Crippen LogP contribution is -2.38. The van der Waals surface area contributed by atoms with Crippen molar-refractivity contribution in [2.45, 2.75) is 44.2 Å². The van der Waals surface area contributed by atoms with E-state index in [-0.39, 0.29) is 0 Å². The van der Waals surface area contributed by atoms with Crippen LogP contribution in [0.25, 0.3) is 0 Å². The standard InChI is InChI=1S/C16H24N2O/c1-18-9-3-5-13(18)11-17-16-6-2-4-12-10-14(19)7-8-15(12)16/h7-8,10,13,16-17,19H,2-6,9,11H2,1H3. The Morgan fingerprint density at radius 3 is 3.00 bits per heavy atom. The van der Waals surface area contributed by atoms with Gasteiger partial charge in [0.25, 0.3) is 0 Å². The van der Waals surface area contributed by atoms with Crippen molar-refractivity contribution in [1.29, 1.82) is 0 Å². The summed E-state index contributed by atoms with van der Waals surface area (Å²) in [7, 11) is 2.23. The van der Waals surface area contributed by atoms with Crippen LogP contribution in [-0.4, -0.2) is 36.2 Å². The van der Waals surface area contributed by atoms with Gasteiger partial charge in [0.2, 0.25) is 0 Å². The van der Waals surface area contributed by atoms with Crippen molar-refractivity contribution in [1.82, 2.24) is 10.2 Å². The Morgan fingerprint density at radius 2 is 2.21 bits per heavy atom. The fourth-order valence-corrected chi connectivity index (χ4v) is 3.53. The molecule has 2 unspecified atom stereocenters. The second-order valence-corrected chi connectivity index (χ2v) is 6.01. The second kappa shape index (κ2) is 5.51. The fourth-order valence-electron chi connectivity index (χ4n) is 3.53. The summed E-state index contributed by atoms with van der Waals surface area (Å²) in [6.45, 7) is 2.32. The maximum absolute atomic E-state index is 9.58. The van der Waals surface area contributed by atoms with Crippen LogP contribution < -0.4 is 5.32 Å². The molecule has 1 fully saturated rings. The summed E-state index contributed by atoms with van der Waals surface area (Å²) in [5.41, 5.74) is 2.72. The van der Waals surface area contributed by atoms with Gasteiger partial charge in [-0.05, 0) is 69.0 Å². The van der Waals surface area contributed by atoms with Crippen LogP contribution in [0.15, 0.2) is 18.2 Å². The van der Waals surface area contributed by atoms with E-state index in [2.05, 4.69) is 23.3 Å². The van der Waals surface area contributed by atoms with Crippen molar-refractivity contribution in [3.05, 3.63) is 29.3 Å². The van der Waals surface area contributed by atoms with Gasteiger partial charge < -0.3 is 15.3 Å². The van der Waals surface area contributed by atoms with Gasteiger partial charge in [-0.1, -0.05) is 6.07 Å². The highest BCUT2D eigenvalue weighted by Gasteiger charge is 2.24. The molecule has 104 valence electrons. The van der Waals surface area contributed by atoms with Crippen LogP contribution >= 0.6 is 0 Å². The SMILES string of the molecule is CN1CCCC1CNC1CCCc2cc(O)ccc21. The molecule has 3 rings (SSSR count). The summed E-state index contributed by atoms with van der Waals surface area (Å²) in [6, 6.07) is 7.02. The van der Waals surface area contributed by atoms with Gasteiger partial charge in [-0.15, -0.1) is 0 Å². The van der Waals surface area contributed by atoms with Crippen molar-refractivity contribution in [3.63, 3.8) is 0 Å². The molecule has 1 aromatic rings. The summed E-state index contributed by atoms with van der Waals surface area (Å²) in [5.74, 6) is 0.398.